The van der Waals surface area contributed by atoms with Gasteiger partial charge in [-0.3, -0.25) is 4.79 Å². The molecule has 0 spiro atoms. The van der Waals surface area contributed by atoms with E-state index in [1.54, 1.807) is 5.57 Å². The van der Waals surface area contributed by atoms with E-state index in [0.29, 0.717) is 16.6 Å². The van der Waals surface area contributed by atoms with Gasteiger partial charge in [0.2, 0.25) is 0 Å². The lowest BCUT2D eigenvalue weighted by atomic mass is 9.46. The van der Waals surface area contributed by atoms with Crippen molar-refractivity contribution in [2.75, 3.05) is 0 Å². The molecule has 4 aliphatic carbocycles. The molecule has 0 aromatic heterocycles. The van der Waals surface area contributed by atoms with Gasteiger partial charge >= 0.3 is 0 Å². The summed E-state index contributed by atoms with van der Waals surface area (Å²) in [5, 5.41) is 0. The summed E-state index contributed by atoms with van der Waals surface area (Å²) in [7, 11) is 0. The van der Waals surface area contributed by atoms with Crippen LogP contribution in [0, 0.1) is 40.4 Å². The SMILES string of the molecule is C=C(CCCC(C)C)[C@H]1CC[C@H]2[C@@H]3CCC4=CC(=O)CC[C@]4(C)[C@H]3CC[C@]12C. The normalized spacial score (nSPS) is 42.6. The highest BCUT2D eigenvalue weighted by atomic mass is 16.1. The minimum atomic E-state index is 0.310. The molecule has 4 aliphatic rings. The zero-order valence-electron chi connectivity index (χ0n) is 18.9. The van der Waals surface area contributed by atoms with Crippen LogP contribution in [-0.4, -0.2) is 5.78 Å². The Morgan fingerprint density at radius 3 is 2.64 bits per heavy atom. The molecule has 4 rings (SSSR count). The number of ketones is 1. The molecular weight excluding hydrogens is 340 g/mol. The first-order chi connectivity index (χ1) is 13.3. The summed E-state index contributed by atoms with van der Waals surface area (Å²) in [5.41, 5.74) is 3.86. The maximum atomic E-state index is 12.0. The second-order valence-corrected chi connectivity index (χ2v) is 11.6. The molecule has 3 fully saturated rings. The van der Waals surface area contributed by atoms with Gasteiger partial charge < -0.3 is 0 Å². The van der Waals surface area contributed by atoms with Gasteiger partial charge in [-0.15, -0.1) is 0 Å². The fraction of sp³-hybridized carbons (Fsp3) is 0.815. The van der Waals surface area contributed by atoms with Crippen molar-refractivity contribution >= 4 is 5.78 Å². The molecular formula is C27H42O. The monoisotopic (exact) mass is 382 g/mol. The van der Waals surface area contributed by atoms with Crippen LogP contribution in [0.15, 0.2) is 23.8 Å². The smallest absolute Gasteiger partial charge is 0.155 e. The van der Waals surface area contributed by atoms with Crippen molar-refractivity contribution in [2.24, 2.45) is 40.4 Å². The average molecular weight is 383 g/mol. The van der Waals surface area contributed by atoms with Gasteiger partial charge in [-0.1, -0.05) is 51.8 Å². The van der Waals surface area contributed by atoms with E-state index in [1.807, 2.05) is 6.08 Å². The van der Waals surface area contributed by atoms with Crippen LogP contribution in [0.5, 0.6) is 0 Å². The van der Waals surface area contributed by atoms with Gasteiger partial charge in [0.15, 0.2) is 5.78 Å². The largest absolute Gasteiger partial charge is 0.295 e. The molecule has 0 saturated heterocycles. The Bertz CT molecular complexity index is 670. The summed E-state index contributed by atoms with van der Waals surface area (Å²) in [6, 6.07) is 0. The third-order valence-corrected chi connectivity index (χ3v) is 9.73. The Balaban J connectivity index is 1.50. The quantitative estimate of drug-likeness (QED) is 0.449. The van der Waals surface area contributed by atoms with E-state index >= 15 is 0 Å². The number of rotatable bonds is 5. The molecule has 0 unspecified atom stereocenters. The topological polar surface area (TPSA) is 17.1 Å². The summed E-state index contributed by atoms with van der Waals surface area (Å²) < 4.78 is 0. The third-order valence-electron chi connectivity index (χ3n) is 9.73. The van der Waals surface area contributed by atoms with Crippen LogP contribution in [0.4, 0.5) is 0 Å². The standard InChI is InChI=1S/C27H42O/c1-18(2)7-6-8-19(3)23-11-12-24-22-10-9-20-17-21(28)13-15-26(20,4)25(22)14-16-27(23,24)5/h17-18,22-25H,3,6-16H2,1-2,4-5H3/t22-,23+,24-,25-,26-,27+/m0/s1. The molecule has 0 aromatic carbocycles. The number of carbonyl (C=O) groups is 1. The molecule has 156 valence electrons. The van der Waals surface area contributed by atoms with Gasteiger partial charge in [0.1, 0.15) is 0 Å². The minimum absolute atomic E-state index is 0.310. The molecule has 0 amide bonds. The molecule has 0 heterocycles. The first kappa shape index (κ1) is 20.4. The number of allylic oxidation sites excluding steroid dienone is 2. The maximum Gasteiger partial charge on any atom is 0.155 e. The number of fused-ring (bicyclic) bond motifs is 5. The van der Waals surface area contributed by atoms with Crippen molar-refractivity contribution in [2.45, 2.75) is 98.3 Å². The van der Waals surface area contributed by atoms with Crippen LogP contribution in [0.25, 0.3) is 0 Å². The van der Waals surface area contributed by atoms with Crippen LogP contribution in [0.3, 0.4) is 0 Å². The minimum Gasteiger partial charge on any atom is -0.295 e. The second kappa shape index (κ2) is 7.44. The van der Waals surface area contributed by atoms with E-state index in [4.69, 9.17) is 0 Å². The predicted molar refractivity (Wildman–Crippen MR) is 118 cm³/mol. The molecule has 0 aromatic rings. The molecule has 0 bridgehead atoms. The summed E-state index contributed by atoms with van der Waals surface area (Å²) >= 11 is 0. The van der Waals surface area contributed by atoms with Gasteiger partial charge in [0.05, 0.1) is 0 Å². The fourth-order valence-electron chi connectivity index (χ4n) is 8.14. The predicted octanol–water partition coefficient (Wildman–Crippen LogP) is 7.52. The Morgan fingerprint density at radius 2 is 1.89 bits per heavy atom. The van der Waals surface area contributed by atoms with Crippen LogP contribution >= 0.6 is 0 Å². The Labute approximate surface area is 173 Å². The first-order valence-corrected chi connectivity index (χ1v) is 12.2. The van der Waals surface area contributed by atoms with Crippen molar-refractivity contribution in [3.63, 3.8) is 0 Å². The van der Waals surface area contributed by atoms with E-state index < -0.39 is 0 Å². The van der Waals surface area contributed by atoms with Gasteiger partial charge in [0.25, 0.3) is 0 Å². The van der Waals surface area contributed by atoms with Crippen LogP contribution in [0.1, 0.15) is 98.3 Å². The van der Waals surface area contributed by atoms with Crippen LogP contribution in [-0.2, 0) is 4.79 Å². The highest BCUT2D eigenvalue weighted by Gasteiger charge is 2.59. The first-order valence-electron chi connectivity index (χ1n) is 12.2. The lowest BCUT2D eigenvalue weighted by Gasteiger charge is -2.58. The van der Waals surface area contributed by atoms with Gasteiger partial charge in [-0.25, -0.2) is 0 Å². The highest BCUT2D eigenvalue weighted by molar-refractivity contribution is 5.91. The van der Waals surface area contributed by atoms with Gasteiger partial charge in [-0.2, -0.15) is 0 Å². The Kier molecular flexibility index (Phi) is 5.43. The molecule has 0 radical (unpaired) electrons. The van der Waals surface area contributed by atoms with E-state index in [9.17, 15) is 4.79 Å². The number of hydrogen-bond donors (Lipinski definition) is 0. The summed E-state index contributed by atoms with van der Waals surface area (Å²) in [5.74, 6) is 4.51. The van der Waals surface area contributed by atoms with E-state index in [0.717, 1.165) is 42.4 Å². The van der Waals surface area contributed by atoms with Gasteiger partial charge in [0, 0.05) is 6.42 Å². The molecule has 6 atom stereocenters. The zero-order chi connectivity index (χ0) is 20.1. The lowest BCUT2D eigenvalue weighted by molar-refractivity contribution is -0.117. The third kappa shape index (κ3) is 3.25. The molecule has 0 aliphatic heterocycles. The van der Waals surface area contributed by atoms with Crippen molar-refractivity contribution in [3.05, 3.63) is 23.8 Å². The van der Waals surface area contributed by atoms with E-state index in [-0.39, 0.29) is 0 Å². The summed E-state index contributed by atoms with van der Waals surface area (Å²) in [6.07, 6.45) is 15.9. The van der Waals surface area contributed by atoms with Crippen molar-refractivity contribution in [3.8, 4) is 0 Å². The van der Waals surface area contributed by atoms with Crippen LogP contribution < -0.4 is 0 Å². The van der Waals surface area contributed by atoms with Crippen molar-refractivity contribution in [1.82, 2.24) is 0 Å². The summed E-state index contributed by atoms with van der Waals surface area (Å²) in [6.45, 7) is 14.4. The van der Waals surface area contributed by atoms with Crippen LogP contribution in [0.2, 0.25) is 0 Å². The van der Waals surface area contributed by atoms with E-state index in [2.05, 4.69) is 34.3 Å². The molecule has 1 nitrogen and oxygen atoms in total. The zero-order valence-corrected chi connectivity index (χ0v) is 18.9. The maximum absolute atomic E-state index is 12.0. The van der Waals surface area contributed by atoms with Crippen molar-refractivity contribution in [1.29, 1.82) is 0 Å². The number of carbonyl (C=O) groups excluding carboxylic acids is 1. The Morgan fingerprint density at radius 1 is 1.11 bits per heavy atom. The second-order valence-electron chi connectivity index (χ2n) is 11.6. The van der Waals surface area contributed by atoms with Gasteiger partial charge in [-0.05, 0) is 104 Å². The lowest BCUT2D eigenvalue weighted by Crippen LogP contribution is -2.50. The van der Waals surface area contributed by atoms with E-state index in [1.165, 1.54) is 63.4 Å². The molecule has 28 heavy (non-hydrogen) atoms. The molecule has 1 heteroatoms. The molecule has 3 saturated carbocycles. The highest BCUT2D eigenvalue weighted by Crippen LogP contribution is 2.67. The van der Waals surface area contributed by atoms with Crippen molar-refractivity contribution < 1.29 is 4.79 Å². The fourth-order valence-corrected chi connectivity index (χ4v) is 8.14. The number of hydrogen-bond acceptors (Lipinski definition) is 1. The average Bonchev–Trinajstić information content (AvgIpc) is 2.99. The molecule has 0 N–H and O–H groups in total. The summed E-state index contributed by atoms with van der Waals surface area (Å²) in [4.78, 5) is 12.0. The Hall–Kier alpha value is -0.850.